The van der Waals surface area contributed by atoms with Gasteiger partial charge in [0, 0.05) is 30.0 Å². The van der Waals surface area contributed by atoms with E-state index in [2.05, 4.69) is 27.4 Å². The summed E-state index contributed by atoms with van der Waals surface area (Å²) >= 11 is 1.58. The van der Waals surface area contributed by atoms with Gasteiger partial charge in [-0.15, -0.1) is 11.3 Å². The first-order valence-corrected chi connectivity index (χ1v) is 12.9. The minimum Gasteiger partial charge on any atom is -0.496 e. The molecular formula is C26H34N4O3S. The van der Waals surface area contributed by atoms with Gasteiger partial charge < -0.3 is 10.1 Å². The number of nitrogens with one attached hydrogen (secondary N) is 1. The Kier molecular flexibility index (Phi) is 7.68. The van der Waals surface area contributed by atoms with Gasteiger partial charge in [0.05, 0.1) is 18.3 Å². The number of thiazole rings is 1. The molecule has 0 saturated carbocycles. The van der Waals surface area contributed by atoms with E-state index in [0.717, 1.165) is 54.4 Å². The molecule has 34 heavy (non-hydrogen) atoms. The van der Waals surface area contributed by atoms with E-state index < -0.39 is 5.54 Å². The van der Waals surface area contributed by atoms with Gasteiger partial charge in [0.2, 0.25) is 0 Å². The molecule has 2 aromatic rings. The molecule has 1 N–H and O–H groups in total. The van der Waals surface area contributed by atoms with Crippen molar-refractivity contribution in [1.82, 2.24) is 20.1 Å². The Morgan fingerprint density at radius 3 is 2.71 bits per heavy atom. The van der Waals surface area contributed by atoms with Gasteiger partial charge in [0.25, 0.3) is 5.91 Å². The summed E-state index contributed by atoms with van der Waals surface area (Å²) < 4.78 is 5.42. The zero-order valence-corrected chi connectivity index (χ0v) is 21.1. The number of rotatable bonds is 9. The Bertz CT molecular complexity index is 1040. The number of piperidine rings is 1. The maximum absolute atomic E-state index is 13.5. The topological polar surface area (TPSA) is 74.8 Å². The molecule has 1 aromatic carbocycles. The molecule has 1 unspecified atom stereocenters. The minimum atomic E-state index is -0.779. The van der Waals surface area contributed by atoms with E-state index in [1.807, 2.05) is 43.6 Å². The molecule has 4 rings (SSSR count). The maximum atomic E-state index is 13.5. The van der Waals surface area contributed by atoms with Crippen LogP contribution in [-0.2, 0) is 11.2 Å². The molecule has 0 radical (unpaired) electrons. The summed E-state index contributed by atoms with van der Waals surface area (Å²) in [7, 11) is 1.69. The van der Waals surface area contributed by atoms with E-state index in [-0.39, 0.29) is 17.9 Å². The Morgan fingerprint density at radius 1 is 1.26 bits per heavy atom. The molecule has 2 aliphatic heterocycles. The number of likely N-dealkylation sites (tertiary alicyclic amines) is 1. The number of urea groups is 1. The van der Waals surface area contributed by atoms with Gasteiger partial charge in [0.15, 0.2) is 0 Å². The smallest absolute Gasteiger partial charge is 0.325 e. The molecular weight excluding hydrogens is 448 g/mol. The molecule has 182 valence electrons. The molecule has 1 atom stereocenters. The molecule has 7 nitrogen and oxygen atoms in total. The van der Waals surface area contributed by atoms with Gasteiger partial charge in [-0.05, 0) is 51.3 Å². The van der Waals surface area contributed by atoms with E-state index >= 15 is 0 Å². The van der Waals surface area contributed by atoms with Crippen LogP contribution in [0.2, 0.25) is 0 Å². The highest BCUT2D eigenvalue weighted by Gasteiger charge is 2.54. The fraction of sp³-hybridized carbons (Fsp3) is 0.500. The Balaban J connectivity index is 1.34. The number of hydrogen-bond acceptors (Lipinski definition) is 6. The maximum Gasteiger partial charge on any atom is 0.325 e. The Labute approximate surface area is 205 Å². The van der Waals surface area contributed by atoms with Crippen LogP contribution in [0.3, 0.4) is 0 Å². The molecule has 0 spiro atoms. The third-order valence-corrected chi connectivity index (χ3v) is 8.25. The summed E-state index contributed by atoms with van der Waals surface area (Å²) in [5.41, 5.74) is 3.08. The number of para-hydroxylation sites is 1. The van der Waals surface area contributed by atoms with Crippen LogP contribution in [-0.4, -0.2) is 65.5 Å². The lowest BCUT2D eigenvalue weighted by Gasteiger charge is -2.40. The fourth-order valence-electron chi connectivity index (χ4n) is 5.17. The first-order chi connectivity index (χ1) is 16.5. The second-order valence-electron chi connectivity index (χ2n) is 9.04. The number of carbonyl (C=O) groups is 2. The van der Waals surface area contributed by atoms with Crippen molar-refractivity contribution in [2.24, 2.45) is 5.92 Å². The van der Waals surface area contributed by atoms with E-state index in [1.165, 1.54) is 4.90 Å². The van der Waals surface area contributed by atoms with Crippen LogP contribution in [0.5, 0.6) is 5.75 Å². The fourth-order valence-corrected chi connectivity index (χ4v) is 5.94. The number of ether oxygens (including phenoxy) is 1. The van der Waals surface area contributed by atoms with Crippen molar-refractivity contribution in [2.45, 2.75) is 45.1 Å². The summed E-state index contributed by atoms with van der Waals surface area (Å²) in [4.78, 5) is 35.5. The van der Waals surface area contributed by atoms with E-state index in [1.54, 1.807) is 18.4 Å². The summed E-state index contributed by atoms with van der Waals surface area (Å²) in [6.45, 7) is 7.05. The first-order valence-electron chi connectivity index (χ1n) is 12.0. The lowest BCUT2D eigenvalue weighted by molar-refractivity contribution is -0.134. The minimum absolute atomic E-state index is 0.0586. The summed E-state index contributed by atoms with van der Waals surface area (Å²) in [6, 6.07) is 7.73. The normalized spacial score (nSPS) is 22.0. The van der Waals surface area contributed by atoms with Crippen LogP contribution in [0, 0.1) is 12.8 Å². The molecule has 1 aromatic heterocycles. The second-order valence-corrected chi connectivity index (χ2v) is 9.98. The van der Waals surface area contributed by atoms with E-state index in [4.69, 9.17) is 4.74 Å². The molecule has 3 heterocycles. The summed E-state index contributed by atoms with van der Waals surface area (Å²) in [5, 5.41) is 3.10. The largest absolute Gasteiger partial charge is 0.496 e. The number of hydrogen-bond donors (Lipinski definition) is 1. The second kappa shape index (κ2) is 10.7. The summed E-state index contributed by atoms with van der Waals surface area (Å²) in [5.74, 6) is 0.961. The highest BCUT2D eigenvalue weighted by Crippen LogP contribution is 2.36. The quantitative estimate of drug-likeness (QED) is 0.544. The lowest BCUT2D eigenvalue weighted by Crippen LogP contribution is -2.55. The number of aromatic nitrogens is 1. The van der Waals surface area contributed by atoms with Crippen LogP contribution < -0.4 is 10.1 Å². The number of methoxy groups -OCH3 is 1. The standard InChI is InChI=1S/C26H34N4O3S/c1-4-26(24(31)30(25(32)28-26)17-13-23-19(2)27-18-34-23)21-11-15-29(16-12-21)14-7-9-20-8-5-6-10-22(20)33-3/h5-10,18,21H,4,11-17H2,1-3H3,(H,28,32). The van der Waals surface area contributed by atoms with Crippen molar-refractivity contribution in [1.29, 1.82) is 0 Å². The van der Waals surface area contributed by atoms with Gasteiger partial charge >= 0.3 is 6.03 Å². The van der Waals surface area contributed by atoms with Crippen molar-refractivity contribution in [3.05, 3.63) is 52.0 Å². The molecule has 0 aliphatic carbocycles. The van der Waals surface area contributed by atoms with Crippen LogP contribution in [0.4, 0.5) is 4.79 Å². The number of nitrogens with zero attached hydrogens (tertiary/aromatic N) is 3. The van der Waals surface area contributed by atoms with Crippen molar-refractivity contribution in [3.8, 4) is 5.75 Å². The molecule has 0 bridgehead atoms. The summed E-state index contributed by atoms with van der Waals surface area (Å²) in [6.07, 6.45) is 7.33. The molecule has 2 aliphatic rings. The Hall–Kier alpha value is -2.71. The highest BCUT2D eigenvalue weighted by molar-refractivity contribution is 7.09. The van der Waals surface area contributed by atoms with Crippen molar-refractivity contribution in [3.63, 3.8) is 0 Å². The predicted octanol–water partition coefficient (Wildman–Crippen LogP) is 4.13. The molecule has 8 heteroatoms. The van der Waals surface area contributed by atoms with Gasteiger partial charge in [0.1, 0.15) is 11.3 Å². The first kappa shape index (κ1) is 24.4. The SMILES string of the molecule is CCC1(C2CCN(CC=Cc3ccccc3OC)CC2)NC(=O)N(CCc2scnc2C)C1=O. The van der Waals surface area contributed by atoms with Gasteiger partial charge in [-0.25, -0.2) is 9.78 Å². The average Bonchev–Trinajstić information content (AvgIpc) is 3.38. The zero-order chi connectivity index (χ0) is 24.1. The highest BCUT2D eigenvalue weighted by atomic mass is 32.1. The van der Waals surface area contributed by atoms with Gasteiger partial charge in [-0.3, -0.25) is 14.6 Å². The van der Waals surface area contributed by atoms with Crippen LogP contribution in [0.15, 0.2) is 35.9 Å². The third-order valence-electron chi connectivity index (χ3n) is 7.25. The molecule has 2 fully saturated rings. The number of benzene rings is 1. The average molecular weight is 483 g/mol. The third kappa shape index (κ3) is 4.88. The number of carbonyl (C=O) groups excluding carboxylic acids is 2. The predicted molar refractivity (Wildman–Crippen MR) is 135 cm³/mol. The Morgan fingerprint density at radius 2 is 2.03 bits per heavy atom. The van der Waals surface area contributed by atoms with E-state index in [9.17, 15) is 9.59 Å². The van der Waals surface area contributed by atoms with Crippen molar-refractivity contribution >= 4 is 29.4 Å². The van der Waals surface area contributed by atoms with E-state index in [0.29, 0.717) is 19.4 Å². The van der Waals surface area contributed by atoms with Crippen LogP contribution in [0.25, 0.3) is 6.08 Å². The number of aryl methyl sites for hydroxylation is 1. The van der Waals surface area contributed by atoms with Crippen molar-refractivity contribution in [2.75, 3.05) is 33.3 Å². The lowest BCUT2D eigenvalue weighted by atomic mass is 9.75. The van der Waals surface area contributed by atoms with Crippen molar-refractivity contribution < 1.29 is 14.3 Å². The monoisotopic (exact) mass is 482 g/mol. The number of imide groups is 1. The van der Waals surface area contributed by atoms with Gasteiger partial charge in [-0.2, -0.15) is 0 Å². The van der Waals surface area contributed by atoms with Crippen LogP contribution in [0.1, 0.15) is 42.3 Å². The molecule has 3 amide bonds. The zero-order valence-electron chi connectivity index (χ0n) is 20.3. The van der Waals surface area contributed by atoms with Crippen LogP contribution >= 0.6 is 11.3 Å². The van der Waals surface area contributed by atoms with Gasteiger partial charge in [-0.1, -0.05) is 37.3 Å². The number of amides is 3. The molecule has 2 saturated heterocycles.